The van der Waals surface area contributed by atoms with Gasteiger partial charge in [0.25, 0.3) is 0 Å². The fraction of sp³-hybridized carbons (Fsp3) is 0.900. The number of rotatable bonds is 5. The topological polar surface area (TPSA) is 46.5 Å². The number of esters is 1. The smallest absolute Gasteiger partial charge is 0.319 e. The van der Waals surface area contributed by atoms with Crippen LogP contribution in [0.1, 0.15) is 26.7 Å². The second-order valence-corrected chi connectivity index (χ2v) is 5.39. The van der Waals surface area contributed by atoms with Gasteiger partial charge < -0.3 is 9.84 Å². The quantitative estimate of drug-likeness (QED) is 0.709. The van der Waals surface area contributed by atoms with Crippen molar-refractivity contribution in [2.75, 3.05) is 7.11 Å². The molecule has 1 aliphatic carbocycles. The Labute approximate surface area is 89.2 Å². The van der Waals surface area contributed by atoms with E-state index in [2.05, 4.69) is 0 Å². The summed E-state index contributed by atoms with van der Waals surface area (Å²) in [6, 6.07) is 0. The number of carbonyl (C=O) groups is 1. The molecule has 4 heteroatoms. The summed E-state index contributed by atoms with van der Waals surface area (Å²) in [6.07, 6.45) is 1.84. The second kappa shape index (κ2) is 5.03. The lowest BCUT2D eigenvalue weighted by Crippen LogP contribution is -2.27. The highest BCUT2D eigenvalue weighted by atomic mass is 32.2. The van der Waals surface area contributed by atoms with Crippen LogP contribution in [0.15, 0.2) is 0 Å². The Balaban J connectivity index is 2.47. The van der Waals surface area contributed by atoms with Crippen molar-refractivity contribution < 1.29 is 14.6 Å². The molecule has 1 N–H and O–H groups in total. The summed E-state index contributed by atoms with van der Waals surface area (Å²) in [6.45, 7) is 3.69. The highest BCUT2D eigenvalue weighted by molar-refractivity contribution is 8.01. The Morgan fingerprint density at radius 1 is 1.50 bits per heavy atom. The molecule has 0 heterocycles. The van der Waals surface area contributed by atoms with Crippen molar-refractivity contribution in [2.24, 2.45) is 5.92 Å². The molecule has 1 fully saturated rings. The highest BCUT2D eigenvalue weighted by Gasteiger charge is 2.38. The van der Waals surface area contributed by atoms with Crippen molar-refractivity contribution in [3.63, 3.8) is 0 Å². The Hall–Kier alpha value is -0.220. The molecule has 0 spiro atoms. The Morgan fingerprint density at radius 3 is 2.43 bits per heavy atom. The lowest BCUT2D eigenvalue weighted by atomic mass is 10.3. The summed E-state index contributed by atoms with van der Waals surface area (Å²) in [5, 5.41) is 9.36. The molecule has 1 aliphatic rings. The van der Waals surface area contributed by atoms with Crippen LogP contribution in [0.3, 0.4) is 0 Å². The summed E-state index contributed by atoms with van der Waals surface area (Å²) in [5.41, 5.74) is 0. The first kappa shape index (κ1) is 11.9. The third-order valence-corrected chi connectivity index (χ3v) is 4.22. The summed E-state index contributed by atoms with van der Waals surface area (Å²) >= 11 is 1.53. The number of aliphatic hydroxyl groups excluding tert-OH is 1. The molecule has 0 aliphatic heterocycles. The normalized spacial score (nSPS) is 22.6. The van der Waals surface area contributed by atoms with Crippen LogP contribution in [0.25, 0.3) is 0 Å². The van der Waals surface area contributed by atoms with Gasteiger partial charge in [0, 0.05) is 5.25 Å². The average Bonchev–Trinajstić information content (AvgIpc) is 2.95. The molecule has 3 atom stereocenters. The molecule has 0 amide bonds. The van der Waals surface area contributed by atoms with Crippen LogP contribution in [0.2, 0.25) is 0 Å². The van der Waals surface area contributed by atoms with Crippen molar-refractivity contribution in [3.05, 3.63) is 0 Å². The summed E-state index contributed by atoms with van der Waals surface area (Å²) < 4.78 is 4.75. The lowest BCUT2D eigenvalue weighted by Gasteiger charge is -2.20. The van der Waals surface area contributed by atoms with E-state index in [0.29, 0.717) is 5.92 Å². The van der Waals surface area contributed by atoms with Gasteiger partial charge in [-0.25, -0.2) is 0 Å². The largest absolute Gasteiger partial charge is 0.468 e. The maximum absolute atomic E-state index is 11.4. The molecule has 0 bridgehead atoms. The van der Waals surface area contributed by atoms with E-state index in [1.165, 1.54) is 18.9 Å². The van der Waals surface area contributed by atoms with Gasteiger partial charge in [0.2, 0.25) is 0 Å². The highest BCUT2D eigenvalue weighted by Crippen LogP contribution is 2.41. The molecule has 0 saturated heterocycles. The van der Waals surface area contributed by atoms with Gasteiger partial charge in [-0.1, -0.05) is 6.92 Å². The number of aliphatic hydroxyl groups is 1. The van der Waals surface area contributed by atoms with E-state index in [-0.39, 0.29) is 22.6 Å². The first-order valence-electron chi connectivity index (χ1n) is 4.97. The number of hydrogen-bond acceptors (Lipinski definition) is 4. The average molecular weight is 218 g/mol. The monoisotopic (exact) mass is 218 g/mol. The first-order valence-corrected chi connectivity index (χ1v) is 5.92. The van der Waals surface area contributed by atoms with E-state index < -0.39 is 0 Å². The zero-order chi connectivity index (χ0) is 10.7. The molecule has 0 radical (unpaired) electrons. The predicted molar refractivity (Wildman–Crippen MR) is 57.3 cm³/mol. The van der Waals surface area contributed by atoms with E-state index in [1.807, 2.05) is 6.92 Å². The van der Waals surface area contributed by atoms with Gasteiger partial charge >= 0.3 is 5.97 Å². The third-order valence-electron chi connectivity index (χ3n) is 2.52. The molecule has 1 saturated carbocycles. The Kier molecular flexibility index (Phi) is 4.26. The van der Waals surface area contributed by atoms with E-state index in [1.54, 1.807) is 6.92 Å². The summed E-state index contributed by atoms with van der Waals surface area (Å²) in [5.74, 6) is 0.318. The molecular weight excluding hydrogens is 200 g/mol. The van der Waals surface area contributed by atoms with Gasteiger partial charge in [-0.15, -0.1) is 11.8 Å². The maximum Gasteiger partial charge on any atom is 0.319 e. The number of hydrogen-bond donors (Lipinski definition) is 1. The van der Waals surface area contributed by atoms with Gasteiger partial charge in [-0.05, 0) is 25.7 Å². The zero-order valence-electron chi connectivity index (χ0n) is 8.90. The molecule has 1 rings (SSSR count). The van der Waals surface area contributed by atoms with Crippen LogP contribution in [-0.4, -0.2) is 34.8 Å². The van der Waals surface area contributed by atoms with E-state index in [9.17, 15) is 9.90 Å². The predicted octanol–water partition coefficient (Wildman–Crippen LogP) is 1.44. The standard InChI is InChI=1S/C10H18O3S/c1-6(11)7(2)14-9(8-4-5-8)10(12)13-3/h6-9,11H,4-5H2,1-3H3. The van der Waals surface area contributed by atoms with E-state index >= 15 is 0 Å². The van der Waals surface area contributed by atoms with Crippen LogP contribution >= 0.6 is 11.8 Å². The minimum atomic E-state index is -0.383. The molecule has 0 aromatic heterocycles. The fourth-order valence-corrected chi connectivity index (χ4v) is 2.61. The number of thioether (sulfide) groups is 1. The summed E-state index contributed by atoms with van der Waals surface area (Å²) in [4.78, 5) is 11.4. The van der Waals surface area contributed by atoms with E-state index in [4.69, 9.17) is 4.74 Å². The van der Waals surface area contributed by atoms with Crippen LogP contribution in [0.5, 0.6) is 0 Å². The van der Waals surface area contributed by atoms with Crippen LogP contribution in [0, 0.1) is 5.92 Å². The van der Waals surface area contributed by atoms with Crippen molar-refractivity contribution in [2.45, 2.75) is 43.3 Å². The lowest BCUT2D eigenvalue weighted by molar-refractivity contribution is -0.140. The van der Waals surface area contributed by atoms with Crippen LogP contribution in [-0.2, 0) is 9.53 Å². The summed E-state index contributed by atoms with van der Waals surface area (Å²) in [7, 11) is 1.42. The van der Waals surface area contributed by atoms with Crippen molar-refractivity contribution in [3.8, 4) is 0 Å². The second-order valence-electron chi connectivity index (χ2n) is 3.86. The van der Waals surface area contributed by atoms with Gasteiger partial charge in [0.1, 0.15) is 5.25 Å². The first-order chi connectivity index (χ1) is 6.56. The number of methoxy groups -OCH3 is 1. The van der Waals surface area contributed by atoms with Gasteiger partial charge in [0.05, 0.1) is 13.2 Å². The van der Waals surface area contributed by atoms with Crippen molar-refractivity contribution in [1.29, 1.82) is 0 Å². The minimum Gasteiger partial charge on any atom is -0.468 e. The minimum absolute atomic E-state index is 0.0791. The molecule has 3 unspecified atom stereocenters. The van der Waals surface area contributed by atoms with Gasteiger partial charge in [0.15, 0.2) is 0 Å². The molecular formula is C10H18O3S. The molecule has 3 nitrogen and oxygen atoms in total. The maximum atomic E-state index is 11.4. The molecule has 0 aromatic rings. The Bertz CT molecular complexity index is 202. The molecule has 14 heavy (non-hydrogen) atoms. The molecule has 82 valence electrons. The third kappa shape index (κ3) is 3.17. The molecule has 0 aromatic carbocycles. The zero-order valence-corrected chi connectivity index (χ0v) is 9.71. The number of ether oxygens (including phenoxy) is 1. The van der Waals surface area contributed by atoms with E-state index in [0.717, 1.165) is 12.8 Å². The fourth-order valence-electron chi connectivity index (χ4n) is 1.22. The SMILES string of the molecule is COC(=O)C(SC(C)C(C)O)C1CC1. The van der Waals surface area contributed by atoms with Gasteiger partial charge in [-0.3, -0.25) is 4.79 Å². The van der Waals surface area contributed by atoms with Crippen LogP contribution in [0.4, 0.5) is 0 Å². The van der Waals surface area contributed by atoms with Gasteiger partial charge in [-0.2, -0.15) is 0 Å². The van der Waals surface area contributed by atoms with Crippen molar-refractivity contribution >= 4 is 17.7 Å². The number of carbonyl (C=O) groups excluding carboxylic acids is 1. The van der Waals surface area contributed by atoms with Crippen molar-refractivity contribution in [1.82, 2.24) is 0 Å². The van der Waals surface area contributed by atoms with Crippen LogP contribution < -0.4 is 0 Å². The Morgan fingerprint density at radius 2 is 2.07 bits per heavy atom.